The highest BCUT2D eigenvalue weighted by atomic mass is 35.5. The molecule has 0 radical (unpaired) electrons. The van der Waals surface area contributed by atoms with Crippen molar-refractivity contribution >= 4 is 35.2 Å². The number of amides is 1. The summed E-state index contributed by atoms with van der Waals surface area (Å²) in [7, 11) is 0. The molecule has 1 amide bonds. The summed E-state index contributed by atoms with van der Waals surface area (Å²) in [6.45, 7) is 3.70. The number of allylic oxidation sites excluding steroid dienone is 1. The lowest BCUT2D eigenvalue weighted by Crippen LogP contribution is -2.24. The molecule has 1 heterocycles. The van der Waals surface area contributed by atoms with Crippen molar-refractivity contribution in [1.29, 1.82) is 0 Å². The maximum atomic E-state index is 13.1. The van der Waals surface area contributed by atoms with Gasteiger partial charge in [0.2, 0.25) is 0 Å². The van der Waals surface area contributed by atoms with Crippen LogP contribution in [0, 0.1) is 0 Å². The summed E-state index contributed by atoms with van der Waals surface area (Å²) in [5.41, 5.74) is 2.44. The van der Waals surface area contributed by atoms with E-state index in [1.807, 2.05) is 42.5 Å². The molecular weight excluding hydrogens is 350 g/mol. The summed E-state index contributed by atoms with van der Waals surface area (Å²) in [5.74, 6) is -0.799. The molecule has 26 heavy (non-hydrogen) atoms. The Kier molecular flexibility index (Phi) is 5.24. The first kappa shape index (κ1) is 18.0. The second kappa shape index (κ2) is 7.58. The van der Waals surface area contributed by atoms with E-state index in [0.29, 0.717) is 22.0 Å². The number of hydrogen-bond acceptors (Lipinski definition) is 3. The van der Waals surface area contributed by atoms with Gasteiger partial charge < -0.3 is 4.74 Å². The lowest BCUT2D eigenvalue weighted by atomic mass is 10.0. The molecule has 0 aliphatic carbocycles. The molecule has 0 atom stereocenters. The van der Waals surface area contributed by atoms with E-state index in [1.165, 1.54) is 4.90 Å². The van der Waals surface area contributed by atoms with Crippen LogP contribution in [-0.2, 0) is 14.3 Å². The number of ether oxygens (including phenoxy) is 1. The van der Waals surface area contributed by atoms with E-state index >= 15 is 0 Å². The van der Waals surface area contributed by atoms with Crippen LogP contribution in [0.4, 0.5) is 5.69 Å². The largest absolute Gasteiger partial charge is 0.462 e. The highest BCUT2D eigenvalue weighted by Crippen LogP contribution is 2.36. The Bertz CT molecular complexity index is 916. The van der Waals surface area contributed by atoms with Crippen LogP contribution in [-0.4, -0.2) is 18.5 Å². The van der Waals surface area contributed by atoms with Crippen LogP contribution in [0.15, 0.2) is 71.4 Å². The van der Waals surface area contributed by atoms with Crippen molar-refractivity contribution in [2.45, 2.75) is 13.8 Å². The van der Waals surface area contributed by atoms with Gasteiger partial charge in [0.1, 0.15) is 0 Å². The average Bonchev–Trinajstić information content (AvgIpc) is 2.88. The number of carbonyl (C=O) groups is 2. The Balaban J connectivity index is 2.15. The summed E-state index contributed by atoms with van der Waals surface area (Å²) in [4.78, 5) is 27.2. The number of benzene rings is 2. The zero-order valence-corrected chi connectivity index (χ0v) is 15.3. The zero-order chi connectivity index (χ0) is 18.7. The van der Waals surface area contributed by atoms with Gasteiger partial charge in [0.05, 0.1) is 17.8 Å². The SMILES string of the molecule is CCOC(=O)C1=C(C)N(c2ccccc2)C(=O)/C1=C\c1ccccc1Cl. The van der Waals surface area contributed by atoms with Gasteiger partial charge in [0.25, 0.3) is 5.91 Å². The van der Waals surface area contributed by atoms with Gasteiger partial charge in [-0.05, 0) is 43.7 Å². The Hall–Kier alpha value is -2.85. The second-order valence-electron chi connectivity index (χ2n) is 5.74. The Morgan fingerprint density at radius 2 is 1.77 bits per heavy atom. The molecule has 3 rings (SSSR count). The minimum atomic E-state index is -0.518. The quantitative estimate of drug-likeness (QED) is 0.585. The Morgan fingerprint density at radius 1 is 1.12 bits per heavy atom. The number of nitrogens with zero attached hydrogens (tertiary/aromatic N) is 1. The summed E-state index contributed by atoms with van der Waals surface area (Å²) in [6, 6.07) is 16.4. The minimum Gasteiger partial charge on any atom is -0.462 e. The van der Waals surface area contributed by atoms with Crippen molar-refractivity contribution in [3.63, 3.8) is 0 Å². The van der Waals surface area contributed by atoms with E-state index in [9.17, 15) is 9.59 Å². The highest BCUT2D eigenvalue weighted by Gasteiger charge is 2.38. The highest BCUT2D eigenvalue weighted by molar-refractivity contribution is 6.32. The van der Waals surface area contributed by atoms with Crippen LogP contribution in [0.3, 0.4) is 0 Å². The molecule has 0 N–H and O–H groups in total. The fraction of sp³-hybridized carbons (Fsp3) is 0.143. The maximum Gasteiger partial charge on any atom is 0.340 e. The van der Waals surface area contributed by atoms with E-state index in [1.54, 1.807) is 32.1 Å². The lowest BCUT2D eigenvalue weighted by molar-refractivity contribution is -0.138. The topological polar surface area (TPSA) is 46.6 Å². The van der Waals surface area contributed by atoms with Gasteiger partial charge in [-0.15, -0.1) is 0 Å². The summed E-state index contributed by atoms with van der Waals surface area (Å²) >= 11 is 6.23. The smallest absolute Gasteiger partial charge is 0.340 e. The number of anilines is 1. The monoisotopic (exact) mass is 367 g/mol. The van der Waals surface area contributed by atoms with Crippen molar-refractivity contribution in [3.8, 4) is 0 Å². The standard InChI is InChI=1S/C21H18ClNO3/c1-3-26-21(25)19-14(2)23(16-10-5-4-6-11-16)20(24)17(19)13-15-9-7-8-12-18(15)22/h4-13H,3H2,1-2H3/b17-13-. The van der Waals surface area contributed by atoms with Gasteiger partial charge in [-0.3, -0.25) is 9.69 Å². The fourth-order valence-electron chi connectivity index (χ4n) is 2.92. The molecule has 0 saturated carbocycles. The first-order valence-electron chi connectivity index (χ1n) is 8.28. The molecule has 0 spiro atoms. The van der Waals surface area contributed by atoms with Gasteiger partial charge in [-0.1, -0.05) is 48.0 Å². The Labute approximate surface area is 157 Å². The third-order valence-corrected chi connectivity index (χ3v) is 4.44. The summed E-state index contributed by atoms with van der Waals surface area (Å²) < 4.78 is 5.18. The molecule has 0 unspecified atom stereocenters. The fourth-order valence-corrected chi connectivity index (χ4v) is 3.11. The van der Waals surface area contributed by atoms with Crippen molar-refractivity contribution in [2.24, 2.45) is 0 Å². The molecule has 2 aromatic carbocycles. The molecule has 4 nitrogen and oxygen atoms in total. The molecule has 0 saturated heterocycles. The van der Waals surface area contributed by atoms with Gasteiger partial charge in [0.15, 0.2) is 0 Å². The van der Waals surface area contributed by atoms with Crippen LogP contribution >= 0.6 is 11.6 Å². The molecule has 1 aliphatic rings. The molecule has 0 aromatic heterocycles. The number of esters is 1. The lowest BCUT2D eigenvalue weighted by Gasteiger charge is -2.17. The number of carbonyl (C=O) groups excluding carboxylic acids is 2. The number of halogens is 1. The van der Waals surface area contributed by atoms with Gasteiger partial charge in [-0.25, -0.2) is 4.79 Å². The predicted molar refractivity (Wildman–Crippen MR) is 103 cm³/mol. The van der Waals surface area contributed by atoms with E-state index in [-0.39, 0.29) is 23.7 Å². The van der Waals surface area contributed by atoms with Gasteiger partial charge in [-0.2, -0.15) is 0 Å². The normalized spacial score (nSPS) is 15.7. The van der Waals surface area contributed by atoms with Crippen molar-refractivity contribution in [3.05, 3.63) is 82.0 Å². The molecular formula is C21H18ClNO3. The average molecular weight is 368 g/mol. The van der Waals surface area contributed by atoms with Crippen LogP contribution in [0.1, 0.15) is 19.4 Å². The first-order chi connectivity index (χ1) is 12.5. The third-order valence-electron chi connectivity index (χ3n) is 4.10. The van der Waals surface area contributed by atoms with Crippen molar-refractivity contribution in [1.82, 2.24) is 0 Å². The molecule has 2 aromatic rings. The van der Waals surface area contributed by atoms with E-state index in [0.717, 1.165) is 0 Å². The number of para-hydroxylation sites is 1. The third kappa shape index (κ3) is 3.28. The van der Waals surface area contributed by atoms with E-state index in [4.69, 9.17) is 16.3 Å². The molecule has 5 heteroatoms. The van der Waals surface area contributed by atoms with Crippen molar-refractivity contribution in [2.75, 3.05) is 11.5 Å². The molecule has 0 fully saturated rings. The number of rotatable bonds is 4. The second-order valence-corrected chi connectivity index (χ2v) is 6.14. The molecule has 0 bridgehead atoms. The number of hydrogen-bond donors (Lipinski definition) is 0. The van der Waals surface area contributed by atoms with Crippen molar-refractivity contribution < 1.29 is 14.3 Å². The van der Waals surface area contributed by atoms with Gasteiger partial charge >= 0.3 is 5.97 Å². The first-order valence-corrected chi connectivity index (χ1v) is 8.66. The van der Waals surface area contributed by atoms with Crippen LogP contribution in [0.25, 0.3) is 6.08 Å². The predicted octanol–water partition coefficient (Wildman–Crippen LogP) is 4.61. The summed E-state index contributed by atoms with van der Waals surface area (Å²) in [6.07, 6.45) is 1.64. The van der Waals surface area contributed by atoms with E-state index in [2.05, 4.69) is 0 Å². The van der Waals surface area contributed by atoms with Crippen LogP contribution < -0.4 is 4.90 Å². The zero-order valence-electron chi connectivity index (χ0n) is 14.5. The Morgan fingerprint density at radius 3 is 2.42 bits per heavy atom. The van der Waals surface area contributed by atoms with Crippen LogP contribution in [0.5, 0.6) is 0 Å². The summed E-state index contributed by atoms with van der Waals surface area (Å²) in [5, 5.41) is 0.506. The van der Waals surface area contributed by atoms with Crippen LogP contribution in [0.2, 0.25) is 5.02 Å². The van der Waals surface area contributed by atoms with Gasteiger partial charge in [0, 0.05) is 16.4 Å². The molecule has 1 aliphatic heterocycles. The minimum absolute atomic E-state index is 0.231. The van der Waals surface area contributed by atoms with E-state index < -0.39 is 5.97 Å². The maximum absolute atomic E-state index is 13.1. The molecule has 132 valence electrons.